The molecular weight excluding hydrogens is 397 g/mol. The molecule has 0 radical (unpaired) electrons. The van der Waals surface area contributed by atoms with Crippen LogP contribution in [0.2, 0.25) is 0 Å². The van der Waals surface area contributed by atoms with Gasteiger partial charge in [-0.2, -0.15) is 0 Å². The van der Waals surface area contributed by atoms with Gasteiger partial charge in [-0.1, -0.05) is 32.9 Å². The molecule has 0 N–H and O–H groups in total. The summed E-state index contributed by atoms with van der Waals surface area (Å²) >= 11 is 0. The number of nitrogens with zero attached hydrogens (tertiary/aromatic N) is 3. The fourth-order valence-corrected chi connectivity index (χ4v) is 6.52. The van der Waals surface area contributed by atoms with Gasteiger partial charge in [0.2, 0.25) is 0 Å². The summed E-state index contributed by atoms with van der Waals surface area (Å²) in [7, 11) is -1.16. The van der Waals surface area contributed by atoms with E-state index in [0.29, 0.717) is 5.56 Å². The molecule has 0 amide bonds. The van der Waals surface area contributed by atoms with Gasteiger partial charge in [-0.15, -0.1) is 0 Å². The predicted molar refractivity (Wildman–Crippen MR) is 128 cm³/mol. The average Bonchev–Trinajstić information content (AvgIpc) is 2.56. The monoisotopic (exact) mass is 439 g/mol. The van der Waals surface area contributed by atoms with E-state index in [2.05, 4.69) is 85.5 Å². The minimum atomic E-state index is -1.16. The molecule has 0 bridgehead atoms. The number of nitro benzene ring substituents is 1. The summed E-state index contributed by atoms with van der Waals surface area (Å²) < 4.78 is 11.8. The Labute approximate surface area is 185 Å². The van der Waals surface area contributed by atoms with E-state index < -0.39 is 14.6 Å². The van der Waals surface area contributed by atoms with E-state index in [1.807, 2.05) is 12.1 Å². The number of para-hydroxylation sites is 1. The summed E-state index contributed by atoms with van der Waals surface area (Å²) in [6.45, 7) is 23.8. The van der Waals surface area contributed by atoms with E-state index in [0.717, 1.165) is 0 Å². The number of hydrogen-bond donors (Lipinski definition) is 0. The lowest BCUT2D eigenvalue weighted by Gasteiger charge is -2.48. The molecule has 7 heteroatoms. The zero-order valence-corrected chi connectivity index (χ0v) is 21.6. The van der Waals surface area contributed by atoms with Crippen molar-refractivity contribution in [3.63, 3.8) is 0 Å². The van der Waals surface area contributed by atoms with Crippen LogP contribution in [0.3, 0.4) is 0 Å². The molecule has 1 rings (SSSR count). The number of hydrogen-bond acceptors (Lipinski definition) is 5. The molecule has 172 valence electrons. The maximum absolute atomic E-state index is 11.8. The van der Waals surface area contributed by atoms with Crippen LogP contribution in [0.25, 0.3) is 0 Å². The first-order chi connectivity index (χ1) is 13.7. The van der Waals surface area contributed by atoms with E-state index in [9.17, 15) is 10.1 Å². The van der Waals surface area contributed by atoms with Crippen molar-refractivity contribution < 1.29 is 9.45 Å². The molecule has 1 aromatic rings. The van der Waals surface area contributed by atoms with Gasteiger partial charge >= 0.3 is 0 Å². The zero-order valence-electron chi connectivity index (χ0n) is 20.7. The van der Waals surface area contributed by atoms with Crippen LogP contribution in [-0.4, -0.2) is 38.4 Å². The van der Waals surface area contributed by atoms with Crippen LogP contribution in [0, 0.1) is 15.5 Å². The van der Waals surface area contributed by atoms with Gasteiger partial charge in [-0.25, -0.2) is 9.34 Å². The highest BCUT2D eigenvalue weighted by atomic mass is 31.2. The lowest BCUT2D eigenvalue weighted by Crippen LogP contribution is -2.44. The van der Waals surface area contributed by atoms with Gasteiger partial charge in [-0.3, -0.25) is 10.1 Å². The predicted octanol–water partition coefficient (Wildman–Crippen LogP) is 7.16. The standard InChI is InChI=1S/C23H42N3O3P/c1-16(2)24(17(3)4)30(25(18(5)6)19(7)8)29-22(23(9,10)11)20-14-12-13-15-21(20)26(27)28/h12-19,22H,1-11H3. The van der Waals surface area contributed by atoms with Crippen LogP contribution in [0.1, 0.15) is 87.8 Å². The summed E-state index contributed by atoms with van der Waals surface area (Å²) in [5.74, 6) is 0. The quantitative estimate of drug-likeness (QED) is 0.220. The molecule has 1 unspecified atom stereocenters. The molecule has 0 saturated carbocycles. The molecule has 0 aliphatic heterocycles. The normalized spacial score (nSPS) is 14.2. The zero-order chi connectivity index (χ0) is 23.4. The Bertz CT molecular complexity index is 651. The minimum Gasteiger partial charge on any atom is -0.322 e. The minimum absolute atomic E-state index is 0.119. The molecule has 0 saturated heterocycles. The Morgan fingerprint density at radius 1 is 0.867 bits per heavy atom. The third kappa shape index (κ3) is 6.71. The molecule has 6 nitrogen and oxygen atoms in total. The summed E-state index contributed by atoms with van der Waals surface area (Å²) in [6, 6.07) is 8.11. The second-order valence-electron chi connectivity index (χ2n) is 10.1. The van der Waals surface area contributed by atoms with E-state index in [1.54, 1.807) is 12.1 Å². The van der Waals surface area contributed by atoms with Gasteiger partial charge in [0.05, 0.1) is 10.5 Å². The second-order valence-corrected chi connectivity index (χ2v) is 11.7. The van der Waals surface area contributed by atoms with E-state index in [1.165, 1.54) is 0 Å². The number of benzene rings is 1. The smallest absolute Gasteiger partial charge is 0.275 e. The Hall–Kier alpha value is -1.07. The lowest BCUT2D eigenvalue weighted by atomic mass is 9.84. The largest absolute Gasteiger partial charge is 0.322 e. The van der Waals surface area contributed by atoms with Gasteiger partial charge in [0, 0.05) is 30.2 Å². The first-order valence-electron chi connectivity index (χ1n) is 11.0. The van der Waals surface area contributed by atoms with Crippen LogP contribution < -0.4 is 0 Å². The van der Waals surface area contributed by atoms with Crippen molar-refractivity contribution in [1.82, 2.24) is 9.34 Å². The molecule has 0 aliphatic rings. The Morgan fingerprint density at radius 2 is 1.27 bits per heavy atom. The fraction of sp³-hybridized carbons (Fsp3) is 0.739. The molecule has 0 spiro atoms. The highest BCUT2D eigenvalue weighted by Gasteiger charge is 2.41. The Kier molecular flexibility index (Phi) is 9.88. The first kappa shape index (κ1) is 27.0. The molecular formula is C23H42N3O3P. The molecule has 0 fully saturated rings. The Morgan fingerprint density at radius 3 is 1.60 bits per heavy atom. The van der Waals surface area contributed by atoms with Crippen molar-refractivity contribution in [3.05, 3.63) is 39.9 Å². The molecule has 1 atom stereocenters. The third-order valence-electron chi connectivity index (χ3n) is 4.91. The van der Waals surface area contributed by atoms with Crippen LogP contribution in [0.5, 0.6) is 0 Å². The van der Waals surface area contributed by atoms with Crippen molar-refractivity contribution in [2.24, 2.45) is 5.41 Å². The van der Waals surface area contributed by atoms with Crippen LogP contribution in [-0.2, 0) is 4.52 Å². The van der Waals surface area contributed by atoms with Gasteiger partial charge < -0.3 is 4.52 Å². The average molecular weight is 440 g/mol. The van der Waals surface area contributed by atoms with Crippen LogP contribution in [0.15, 0.2) is 24.3 Å². The van der Waals surface area contributed by atoms with Gasteiger partial charge in [0.1, 0.15) is 6.10 Å². The van der Waals surface area contributed by atoms with Crippen LogP contribution >= 0.6 is 8.45 Å². The second kappa shape index (κ2) is 11.0. The van der Waals surface area contributed by atoms with Crippen molar-refractivity contribution in [3.8, 4) is 0 Å². The molecule has 0 aliphatic carbocycles. The molecule has 1 aromatic carbocycles. The molecule has 0 aromatic heterocycles. The fourth-order valence-electron chi connectivity index (χ4n) is 3.86. The van der Waals surface area contributed by atoms with E-state index in [4.69, 9.17) is 4.52 Å². The van der Waals surface area contributed by atoms with Crippen molar-refractivity contribution in [2.45, 2.75) is 106 Å². The first-order valence-corrected chi connectivity index (χ1v) is 12.1. The maximum atomic E-state index is 11.8. The Balaban J connectivity index is 3.63. The summed E-state index contributed by atoms with van der Waals surface area (Å²) in [5, 5.41) is 11.8. The lowest BCUT2D eigenvalue weighted by molar-refractivity contribution is -0.386. The van der Waals surface area contributed by atoms with Crippen molar-refractivity contribution in [2.75, 3.05) is 0 Å². The van der Waals surface area contributed by atoms with Crippen molar-refractivity contribution >= 4 is 14.1 Å². The van der Waals surface area contributed by atoms with Gasteiger partial charge in [-0.05, 0) is 66.9 Å². The number of rotatable bonds is 10. The summed E-state index contributed by atoms with van der Waals surface area (Å²) in [6.07, 6.45) is -0.412. The maximum Gasteiger partial charge on any atom is 0.275 e. The molecule has 30 heavy (non-hydrogen) atoms. The third-order valence-corrected chi connectivity index (χ3v) is 7.95. The van der Waals surface area contributed by atoms with Gasteiger partial charge in [0.25, 0.3) is 5.69 Å². The van der Waals surface area contributed by atoms with E-state index in [-0.39, 0.29) is 40.2 Å². The highest BCUT2D eigenvalue weighted by molar-refractivity contribution is 7.47. The SMILES string of the molecule is CC(C)N(C(C)C)P(OC(c1ccccc1[N+](=O)[O-])C(C)(C)C)N(C(C)C)C(C)C. The topological polar surface area (TPSA) is 58.9 Å². The highest BCUT2D eigenvalue weighted by Crippen LogP contribution is 2.57. The van der Waals surface area contributed by atoms with E-state index >= 15 is 0 Å². The molecule has 0 heterocycles. The number of nitro groups is 1. The summed E-state index contributed by atoms with van der Waals surface area (Å²) in [4.78, 5) is 11.5. The summed E-state index contributed by atoms with van der Waals surface area (Å²) in [5.41, 5.74) is 0.447. The van der Waals surface area contributed by atoms with Crippen LogP contribution in [0.4, 0.5) is 5.69 Å². The van der Waals surface area contributed by atoms with Crippen molar-refractivity contribution in [1.29, 1.82) is 0 Å². The van der Waals surface area contributed by atoms with Gasteiger partial charge in [0.15, 0.2) is 8.45 Å².